The largest absolute Gasteiger partial charge is 0.465 e. The molecule has 0 aromatic carbocycles. The van der Waals surface area contributed by atoms with Crippen molar-refractivity contribution in [3.63, 3.8) is 0 Å². The minimum Gasteiger partial charge on any atom is -0.465 e. The third-order valence-corrected chi connectivity index (χ3v) is 5.16. The Hall–Kier alpha value is -1.91. The molecule has 1 rings (SSSR count). The molecule has 0 bridgehead atoms. The molecule has 0 aromatic heterocycles. The predicted octanol–water partition coefficient (Wildman–Crippen LogP) is 1.84. The first-order valence-electron chi connectivity index (χ1n) is 12.0. The zero-order valence-corrected chi connectivity index (χ0v) is 20.7. The van der Waals surface area contributed by atoms with Crippen molar-refractivity contribution in [1.82, 2.24) is 10.2 Å². The highest BCUT2D eigenvalue weighted by Gasteiger charge is 2.26. The molecule has 3 N–H and O–H groups in total. The van der Waals surface area contributed by atoms with Gasteiger partial charge < -0.3 is 30.0 Å². The third-order valence-electron chi connectivity index (χ3n) is 5.16. The number of amides is 2. The number of nitrogens with zero attached hydrogens (tertiary/aromatic N) is 1. The maximum absolute atomic E-state index is 12.3. The topological polar surface area (TPSA) is 129 Å². The lowest BCUT2D eigenvalue weighted by atomic mass is 9.84. The number of rotatable bonds is 14. The second-order valence-corrected chi connectivity index (χ2v) is 9.15. The van der Waals surface area contributed by atoms with Crippen molar-refractivity contribution >= 4 is 18.0 Å². The molecule has 0 aliphatic heterocycles. The van der Waals surface area contributed by atoms with Gasteiger partial charge in [-0.3, -0.25) is 14.5 Å². The number of esters is 1. The van der Waals surface area contributed by atoms with Crippen LogP contribution >= 0.6 is 0 Å². The second-order valence-electron chi connectivity index (χ2n) is 9.15. The maximum atomic E-state index is 12.3. The average molecular weight is 474 g/mol. The van der Waals surface area contributed by atoms with Gasteiger partial charge in [-0.1, -0.05) is 19.3 Å². The summed E-state index contributed by atoms with van der Waals surface area (Å²) < 4.78 is 21.2. The van der Waals surface area contributed by atoms with Crippen molar-refractivity contribution in [2.75, 3.05) is 52.7 Å². The summed E-state index contributed by atoms with van der Waals surface area (Å²) in [5.74, 6) is -0.348. The van der Waals surface area contributed by atoms with Crippen molar-refractivity contribution in [3.05, 3.63) is 0 Å². The van der Waals surface area contributed by atoms with Crippen LogP contribution in [0.25, 0.3) is 0 Å². The molecular formula is C23H43N3O7. The van der Waals surface area contributed by atoms with Crippen LogP contribution in [0.15, 0.2) is 0 Å². The van der Waals surface area contributed by atoms with E-state index in [1.54, 1.807) is 27.7 Å². The fraction of sp³-hybridized carbons (Fsp3) is 0.870. The molecule has 0 aromatic rings. The van der Waals surface area contributed by atoms with Gasteiger partial charge in [-0.05, 0) is 46.5 Å². The highest BCUT2D eigenvalue weighted by molar-refractivity contribution is 5.81. The monoisotopic (exact) mass is 473 g/mol. The van der Waals surface area contributed by atoms with Gasteiger partial charge in [0.25, 0.3) is 0 Å². The predicted molar refractivity (Wildman–Crippen MR) is 124 cm³/mol. The van der Waals surface area contributed by atoms with Crippen LogP contribution in [-0.4, -0.2) is 87.2 Å². The lowest BCUT2D eigenvalue weighted by molar-refractivity contribution is -0.144. The van der Waals surface area contributed by atoms with Gasteiger partial charge in [-0.2, -0.15) is 0 Å². The Kier molecular flexibility index (Phi) is 14.0. The van der Waals surface area contributed by atoms with Crippen LogP contribution in [0.3, 0.4) is 0 Å². The Morgan fingerprint density at radius 2 is 1.67 bits per heavy atom. The van der Waals surface area contributed by atoms with E-state index in [0.29, 0.717) is 26.4 Å². The van der Waals surface area contributed by atoms with E-state index in [4.69, 9.17) is 24.7 Å². The van der Waals surface area contributed by atoms with E-state index < -0.39 is 23.7 Å². The number of nitrogens with one attached hydrogen (secondary N) is 1. The molecule has 0 radical (unpaired) electrons. The van der Waals surface area contributed by atoms with E-state index in [-0.39, 0.29) is 38.1 Å². The lowest BCUT2D eigenvalue weighted by Crippen LogP contribution is -2.46. The molecule has 0 heterocycles. The number of hydrogen-bond donors (Lipinski definition) is 2. The zero-order chi connectivity index (χ0) is 24.7. The molecule has 0 saturated heterocycles. The normalized spacial score (nSPS) is 15.5. The van der Waals surface area contributed by atoms with Crippen molar-refractivity contribution in [1.29, 1.82) is 0 Å². The molecule has 10 heteroatoms. The highest BCUT2D eigenvalue weighted by atomic mass is 16.6. The van der Waals surface area contributed by atoms with Crippen molar-refractivity contribution in [2.24, 2.45) is 11.7 Å². The molecule has 1 aliphatic rings. The summed E-state index contributed by atoms with van der Waals surface area (Å²) in [6.45, 7) is 8.82. The van der Waals surface area contributed by atoms with Crippen LogP contribution in [0.1, 0.15) is 59.8 Å². The molecule has 0 spiro atoms. The van der Waals surface area contributed by atoms with Crippen LogP contribution < -0.4 is 11.1 Å². The number of nitrogens with two attached hydrogens (primary N) is 1. The maximum Gasteiger partial charge on any atom is 0.410 e. The second kappa shape index (κ2) is 15.8. The highest BCUT2D eigenvalue weighted by Crippen LogP contribution is 2.25. The van der Waals surface area contributed by atoms with Crippen molar-refractivity contribution in [2.45, 2.75) is 71.4 Å². The van der Waals surface area contributed by atoms with Crippen LogP contribution in [0, 0.1) is 5.92 Å². The molecule has 1 fully saturated rings. The molecular weight excluding hydrogens is 430 g/mol. The molecule has 0 unspecified atom stereocenters. The number of carbonyl (C=O) groups is 3. The van der Waals surface area contributed by atoms with Gasteiger partial charge in [-0.25, -0.2) is 4.79 Å². The SMILES string of the molecule is CCOC(=O)CN(CCOCCOCCNC(=O)[C@H](N)C1CCCCC1)C(=O)OC(C)(C)C. The Balaban J connectivity index is 2.18. The van der Waals surface area contributed by atoms with Crippen LogP contribution in [0.5, 0.6) is 0 Å². The summed E-state index contributed by atoms with van der Waals surface area (Å²) >= 11 is 0. The van der Waals surface area contributed by atoms with Gasteiger partial charge in [0, 0.05) is 13.1 Å². The van der Waals surface area contributed by atoms with Gasteiger partial charge in [0.15, 0.2) is 0 Å². The summed E-state index contributed by atoms with van der Waals surface area (Å²) in [6, 6.07) is -0.448. The standard InChI is InChI=1S/C23H43N3O7/c1-5-32-19(27)17-26(22(29)33-23(2,3)4)12-14-31-16-15-30-13-11-25-21(28)20(24)18-9-7-6-8-10-18/h18,20H,5-17,24H2,1-4H3,(H,25,28)/t20-/m1/s1. The zero-order valence-electron chi connectivity index (χ0n) is 20.7. The van der Waals surface area contributed by atoms with E-state index in [1.165, 1.54) is 11.3 Å². The fourth-order valence-corrected chi connectivity index (χ4v) is 3.49. The average Bonchev–Trinajstić information content (AvgIpc) is 2.76. The van der Waals surface area contributed by atoms with Crippen LogP contribution in [0.2, 0.25) is 0 Å². The Morgan fingerprint density at radius 3 is 2.27 bits per heavy atom. The van der Waals surface area contributed by atoms with Gasteiger partial charge >= 0.3 is 12.1 Å². The van der Waals surface area contributed by atoms with E-state index in [2.05, 4.69) is 5.32 Å². The number of ether oxygens (including phenoxy) is 4. The number of hydrogen-bond acceptors (Lipinski definition) is 8. The van der Waals surface area contributed by atoms with E-state index in [1.807, 2.05) is 0 Å². The first-order chi connectivity index (χ1) is 15.6. The Morgan fingerprint density at radius 1 is 1.03 bits per heavy atom. The minimum atomic E-state index is -0.672. The fourth-order valence-electron chi connectivity index (χ4n) is 3.49. The van der Waals surface area contributed by atoms with E-state index in [0.717, 1.165) is 25.7 Å². The molecule has 10 nitrogen and oxygen atoms in total. The molecule has 2 amide bonds. The van der Waals surface area contributed by atoms with Crippen molar-refractivity contribution < 1.29 is 33.3 Å². The van der Waals surface area contributed by atoms with Crippen molar-refractivity contribution in [3.8, 4) is 0 Å². The molecule has 1 atom stereocenters. The lowest BCUT2D eigenvalue weighted by Gasteiger charge is -2.26. The van der Waals surface area contributed by atoms with Gasteiger partial charge in [0.1, 0.15) is 12.1 Å². The molecule has 33 heavy (non-hydrogen) atoms. The van der Waals surface area contributed by atoms with E-state index >= 15 is 0 Å². The van der Waals surface area contributed by atoms with Gasteiger partial charge in [0.2, 0.25) is 5.91 Å². The summed E-state index contributed by atoms with van der Waals surface area (Å²) in [5, 5.41) is 2.82. The van der Waals surface area contributed by atoms with Crippen LogP contribution in [-0.2, 0) is 28.5 Å². The Bertz CT molecular complexity index is 589. The van der Waals surface area contributed by atoms with Gasteiger partial charge in [0.05, 0.1) is 39.1 Å². The minimum absolute atomic E-state index is 0.120. The Labute approximate surface area is 197 Å². The quantitative estimate of drug-likeness (QED) is 0.289. The molecule has 1 aliphatic carbocycles. The first kappa shape index (κ1) is 29.1. The summed E-state index contributed by atoms with van der Waals surface area (Å²) in [6.07, 6.45) is 4.96. The summed E-state index contributed by atoms with van der Waals surface area (Å²) in [5.41, 5.74) is 5.40. The molecule has 1 saturated carbocycles. The third kappa shape index (κ3) is 13.4. The number of carbonyl (C=O) groups excluding carboxylic acids is 3. The van der Waals surface area contributed by atoms with E-state index in [9.17, 15) is 14.4 Å². The molecule has 192 valence electrons. The first-order valence-corrected chi connectivity index (χ1v) is 12.0. The van der Waals surface area contributed by atoms with Crippen LogP contribution in [0.4, 0.5) is 4.79 Å². The smallest absolute Gasteiger partial charge is 0.410 e. The summed E-state index contributed by atoms with van der Waals surface area (Å²) in [4.78, 5) is 37.5. The summed E-state index contributed by atoms with van der Waals surface area (Å²) in [7, 11) is 0. The van der Waals surface area contributed by atoms with Gasteiger partial charge in [-0.15, -0.1) is 0 Å².